The fourth-order valence-electron chi connectivity index (χ4n) is 3.91. The molecule has 2 atom stereocenters. The van der Waals surface area contributed by atoms with Gasteiger partial charge in [-0.15, -0.1) is 0 Å². The minimum Gasteiger partial charge on any atom is -1.00 e. The molecule has 0 fully saturated rings. The molecule has 0 N–H and O–H groups in total. The third kappa shape index (κ3) is 4.54. The molecule has 0 nitrogen and oxygen atoms in total. The summed E-state index contributed by atoms with van der Waals surface area (Å²) in [7, 11) is -0.0176. The molecule has 140 valence electrons. The van der Waals surface area contributed by atoms with Crippen molar-refractivity contribution in [3.05, 3.63) is 81.4 Å². The molecule has 2 aliphatic carbocycles. The second kappa shape index (κ2) is 9.82. The molecular formula is C22H24Cl2HfP2. The Balaban J connectivity index is 0.00000131. The van der Waals surface area contributed by atoms with Crippen LogP contribution in [0.5, 0.6) is 0 Å². The molecule has 0 radical (unpaired) electrons. The van der Waals surface area contributed by atoms with E-state index in [9.17, 15) is 0 Å². The van der Waals surface area contributed by atoms with Crippen molar-refractivity contribution in [2.24, 2.45) is 0 Å². The molecule has 0 amide bonds. The molecular weight excluding hydrogens is 576 g/mol. The molecule has 2 unspecified atom stereocenters. The molecule has 2 aromatic carbocycles. The Morgan fingerprint density at radius 2 is 1.00 bits per heavy atom. The Bertz CT molecular complexity index is 803. The van der Waals surface area contributed by atoms with Gasteiger partial charge in [0.15, 0.2) is 0 Å². The molecule has 0 heterocycles. The molecule has 0 spiro atoms. The van der Waals surface area contributed by atoms with E-state index in [4.69, 9.17) is 0 Å². The molecule has 0 saturated heterocycles. The predicted octanol–water partition coefficient (Wildman–Crippen LogP) is 0.752. The van der Waals surface area contributed by atoms with Crippen molar-refractivity contribution in [1.82, 2.24) is 0 Å². The van der Waals surface area contributed by atoms with Crippen molar-refractivity contribution in [3.8, 4) is 0 Å². The Kier molecular flexibility index (Phi) is 8.55. The zero-order chi connectivity index (χ0) is 17.6. The van der Waals surface area contributed by atoms with Crippen molar-refractivity contribution < 1.29 is 47.7 Å². The molecule has 5 heteroatoms. The molecule has 0 saturated carbocycles. The third-order valence-corrected chi connectivity index (χ3v) is 16.6. The van der Waals surface area contributed by atoms with Gasteiger partial charge in [-0.2, -0.15) is 0 Å². The van der Waals surface area contributed by atoms with Crippen LogP contribution in [0.25, 0.3) is 12.2 Å². The molecule has 0 aliphatic heterocycles. The maximum Gasteiger partial charge on any atom is -1.00 e. The fraction of sp³-hybridized carbons (Fsp3) is 0.273. The molecule has 0 aromatic heterocycles. The van der Waals surface area contributed by atoms with Crippen LogP contribution in [0.1, 0.15) is 29.6 Å². The van der Waals surface area contributed by atoms with E-state index in [-0.39, 0.29) is 40.7 Å². The first-order chi connectivity index (χ1) is 12.1. The zero-order valence-corrected chi connectivity index (χ0v) is 23.0. The predicted molar refractivity (Wildman–Crippen MR) is 112 cm³/mol. The quantitative estimate of drug-likeness (QED) is 0.360. The summed E-state index contributed by atoms with van der Waals surface area (Å²) in [5, 5.41) is 3.53. The number of fused-ring (bicyclic) bond motifs is 2. The first kappa shape index (κ1) is 23.5. The molecule has 2 aliphatic rings. The average Bonchev–Trinajstić information content (AvgIpc) is 3.15. The van der Waals surface area contributed by atoms with Crippen molar-refractivity contribution in [2.75, 3.05) is 26.7 Å². The van der Waals surface area contributed by atoms with Crippen molar-refractivity contribution in [2.45, 2.75) is 7.35 Å². The Hall–Kier alpha value is 0.230. The number of rotatable bonds is 4. The van der Waals surface area contributed by atoms with Crippen LogP contribution in [0.2, 0.25) is 0 Å². The van der Waals surface area contributed by atoms with Crippen LogP contribution >= 0.6 is 15.8 Å². The summed E-state index contributed by atoms with van der Waals surface area (Å²) < 4.78 is 1.57. The van der Waals surface area contributed by atoms with Gasteiger partial charge in [-0.3, -0.25) is 0 Å². The van der Waals surface area contributed by atoms with E-state index in [1.165, 1.54) is 11.1 Å². The number of hydrogen-bond acceptors (Lipinski definition) is 0. The van der Waals surface area contributed by atoms with E-state index in [1.807, 2.05) is 0 Å². The number of halogens is 2. The topological polar surface area (TPSA) is 0 Å². The minimum absolute atomic E-state index is 0. The molecule has 0 bridgehead atoms. The van der Waals surface area contributed by atoms with Crippen LogP contribution in [0.15, 0.2) is 59.2 Å². The van der Waals surface area contributed by atoms with Crippen LogP contribution in [0.4, 0.5) is 0 Å². The van der Waals surface area contributed by atoms with Crippen molar-refractivity contribution in [3.63, 3.8) is 0 Å². The standard InChI is InChI=1S/2C11H12P.2ClH.Hf/c2*1-12(2)11-7-9-5-3-4-6-10(9)8-11;;;/h2*3-8H,1-2H3;2*1H;/q;;;;+2/p-2. The first-order valence-electron chi connectivity index (χ1n) is 8.78. The number of benzene rings is 2. The van der Waals surface area contributed by atoms with Crippen LogP contribution < -0.4 is 24.8 Å². The summed E-state index contributed by atoms with van der Waals surface area (Å²) in [6, 6.07) is 18.3. The van der Waals surface area contributed by atoms with Gasteiger partial charge >= 0.3 is 166 Å². The van der Waals surface area contributed by atoms with Crippen LogP contribution in [0.3, 0.4) is 0 Å². The Labute approximate surface area is 190 Å². The summed E-state index contributed by atoms with van der Waals surface area (Å²) in [4.78, 5) is 0. The van der Waals surface area contributed by atoms with Gasteiger partial charge < -0.3 is 24.8 Å². The number of hydrogen-bond donors (Lipinski definition) is 0. The monoisotopic (exact) mass is 600 g/mol. The average molecular weight is 600 g/mol. The van der Waals surface area contributed by atoms with Gasteiger partial charge in [0.1, 0.15) is 0 Å². The van der Waals surface area contributed by atoms with E-state index in [2.05, 4.69) is 87.3 Å². The van der Waals surface area contributed by atoms with Crippen molar-refractivity contribution >= 4 is 28.0 Å². The van der Waals surface area contributed by atoms with Crippen LogP contribution in [-0.2, 0) is 22.9 Å². The first-order valence-corrected chi connectivity index (χ1v) is 17.4. The molecule has 2 aromatic rings. The normalized spacial score (nSPS) is 19.5. The van der Waals surface area contributed by atoms with Gasteiger partial charge in [-0.25, -0.2) is 0 Å². The smallest absolute Gasteiger partial charge is 1.00 e. The Morgan fingerprint density at radius 1 is 0.630 bits per heavy atom. The third-order valence-electron chi connectivity index (χ3n) is 5.18. The maximum absolute atomic E-state index is 2.53. The SMILES string of the molecule is CP(C)C1=Cc2ccccc2[CH]1[Hf+2][CH]1C(P(C)C)=Cc2ccccc21.[Cl-].[Cl-]. The van der Waals surface area contributed by atoms with Gasteiger partial charge in [-0.05, 0) is 0 Å². The summed E-state index contributed by atoms with van der Waals surface area (Å²) >= 11 is -0.964. The fourth-order valence-corrected chi connectivity index (χ4v) is 19.0. The molecule has 27 heavy (non-hydrogen) atoms. The van der Waals surface area contributed by atoms with E-state index >= 15 is 0 Å². The van der Waals surface area contributed by atoms with Crippen molar-refractivity contribution in [1.29, 1.82) is 0 Å². The summed E-state index contributed by atoms with van der Waals surface area (Å²) in [6.45, 7) is 9.76. The van der Waals surface area contributed by atoms with E-state index in [0.717, 1.165) is 7.35 Å². The van der Waals surface area contributed by atoms with Crippen LogP contribution in [0, 0.1) is 0 Å². The Morgan fingerprint density at radius 3 is 1.37 bits per heavy atom. The zero-order valence-electron chi connectivity index (χ0n) is 16.1. The van der Waals surface area contributed by atoms with Gasteiger partial charge in [0.25, 0.3) is 0 Å². The summed E-state index contributed by atoms with van der Waals surface area (Å²) in [5.74, 6) is 0. The van der Waals surface area contributed by atoms with Gasteiger partial charge in [-0.1, -0.05) is 0 Å². The second-order valence-electron chi connectivity index (χ2n) is 7.22. The summed E-state index contributed by atoms with van der Waals surface area (Å²) in [5.41, 5.74) is 6.27. The van der Waals surface area contributed by atoms with Gasteiger partial charge in [0.05, 0.1) is 0 Å². The minimum atomic E-state index is -0.964. The van der Waals surface area contributed by atoms with Gasteiger partial charge in [0, 0.05) is 0 Å². The van der Waals surface area contributed by atoms with E-state index in [0.29, 0.717) is 0 Å². The molecule has 4 rings (SSSR count). The number of allylic oxidation sites excluding steroid dienone is 2. The van der Waals surface area contributed by atoms with Gasteiger partial charge in [0.2, 0.25) is 0 Å². The largest absolute Gasteiger partial charge is 1.00 e. The maximum atomic E-state index is 2.53. The van der Waals surface area contributed by atoms with Crippen LogP contribution in [-0.4, -0.2) is 26.7 Å². The van der Waals surface area contributed by atoms with E-state index < -0.39 is 22.9 Å². The van der Waals surface area contributed by atoms with E-state index in [1.54, 1.807) is 21.8 Å². The summed E-state index contributed by atoms with van der Waals surface area (Å²) in [6.07, 6.45) is 5.06. The second-order valence-corrected chi connectivity index (χ2v) is 17.2.